The highest BCUT2D eigenvalue weighted by atomic mass is 15.4. The van der Waals surface area contributed by atoms with Crippen LogP contribution in [0.2, 0.25) is 0 Å². The second-order valence-electron chi connectivity index (χ2n) is 4.09. The molecular weight excluding hydrogens is 226 g/mol. The van der Waals surface area contributed by atoms with Crippen LogP contribution in [0.25, 0.3) is 16.6 Å². The normalized spacial score (nSPS) is 10.9. The molecule has 0 fully saturated rings. The maximum atomic E-state index is 5.63. The maximum absolute atomic E-state index is 5.63. The van der Waals surface area contributed by atoms with Gasteiger partial charge in [0.2, 0.25) is 0 Å². The molecule has 0 aromatic carbocycles. The quantitative estimate of drug-likeness (QED) is 0.747. The molecule has 0 aliphatic carbocycles. The Kier molecular flexibility index (Phi) is 2.74. The Morgan fingerprint density at radius 1 is 1.22 bits per heavy atom. The van der Waals surface area contributed by atoms with Gasteiger partial charge in [0.25, 0.3) is 0 Å². The average Bonchev–Trinajstić information content (AvgIpc) is 2.87. The Balaban J connectivity index is 2.12. The van der Waals surface area contributed by atoms with Gasteiger partial charge >= 0.3 is 0 Å². The number of aromatic nitrogens is 4. The summed E-state index contributed by atoms with van der Waals surface area (Å²) < 4.78 is 1.74. The van der Waals surface area contributed by atoms with Gasteiger partial charge in [-0.15, -0.1) is 5.10 Å². The lowest BCUT2D eigenvalue weighted by molar-refractivity contribution is 0.855. The van der Waals surface area contributed by atoms with Crippen molar-refractivity contribution in [3.63, 3.8) is 0 Å². The summed E-state index contributed by atoms with van der Waals surface area (Å²) in [4.78, 5) is 4.16. The van der Waals surface area contributed by atoms with Crippen LogP contribution in [0.15, 0.2) is 43.0 Å². The molecule has 0 radical (unpaired) electrons. The fourth-order valence-electron chi connectivity index (χ4n) is 2.06. The van der Waals surface area contributed by atoms with Crippen molar-refractivity contribution in [2.24, 2.45) is 5.73 Å². The van der Waals surface area contributed by atoms with E-state index in [0.29, 0.717) is 6.54 Å². The first-order valence-electron chi connectivity index (χ1n) is 5.82. The Morgan fingerprint density at radius 2 is 2.17 bits per heavy atom. The van der Waals surface area contributed by atoms with Gasteiger partial charge < -0.3 is 5.73 Å². The molecular formula is C13H13N5. The highest BCUT2D eigenvalue weighted by Crippen LogP contribution is 2.24. The monoisotopic (exact) mass is 239 g/mol. The van der Waals surface area contributed by atoms with Gasteiger partial charge in [0.05, 0.1) is 11.7 Å². The number of rotatable bonds is 3. The van der Waals surface area contributed by atoms with E-state index in [1.807, 2.05) is 24.5 Å². The van der Waals surface area contributed by atoms with Crippen LogP contribution in [-0.2, 0) is 6.42 Å². The topological polar surface area (TPSA) is 69.1 Å². The summed E-state index contributed by atoms with van der Waals surface area (Å²) in [6, 6.07) is 6.10. The summed E-state index contributed by atoms with van der Waals surface area (Å²) in [7, 11) is 0. The van der Waals surface area contributed by atoms with Crippen LogP contribution in [0.3, 0.4) is 0 Å². The van der Waals surface area contributed by atoms with Crippen molar-refractivity contribution in [3.05, 3.63) is 48.5 Å². The van der Waals surface area contributed by atoms with E-state index in [4.69, 9.17) is 5.73 Å². The third-order valence-electron chi connectivity index (χ3n) is 2.93. The smallest absolute Gasteiger partial charge is 0.0871 e. The van der Waals surface area contributed by atoms with E-state index in [1.54, 1.807) is 16.9 Å². The van der Waals surface area contributed by atoms with Crippen molar-refractivity contribution >= 4 is 5.52 Å². The van der Waals surface area contributed by atoms with Crippen LogP contribution >= 0.6 is 0 Å². The zero-order chi connectivity index (χ0) is 12.4. The van der Waals surface area contributed by atoms with Crippen LogP contribution in [0.1, 0.15) is 5.56 Å². The number of fused-ring (bicyclic) bond motifs is 1. The summed E-state index contributed by atoms with van der Waals surface area (Å²) in [5.41, 5.74) is 10.1. The van der Waals surface area contributed by atoms with Crippen LogP contribution in [0, 0.1) is 0 Å². The summed E-state index contributed by atoms with van der Waals surface area (Å²) in [6.45, 7) is 0.620. The van der Waals surface area contributed by atoms with E-state index in [0.717, 1.165) is 23.1 Å². The summed E-state index contributed by atoms with van der Waals surface area (Å²) >= 11 is 0. The molecule has 3 aromatic rings. The lowest BCUT2D eigenvalue weighted by Gasteiger charge is -2.08. The molecule has 3 heterocycles. The zero-order valence-corrected chi connectivity index (χ0v) is 9.82. The van der Waals surface area contributed by atoms with E-state index in [9.17, 15) is 0 Å². The molecule has 90 valence electrons. The molecule has 18 heavy (non-hydrogen) atoms. The van der Waals surface area contributed by atoms with E-state index >= 15 is 0 Å². The van der Waals surface area contributed by atoms with E-state index in [-0.39, 0.29) is 0 Å². The van der Waals surface area contributed by atoms with Crippen molar-refractivity contribution in [1.29, 1.82) is 0 Å². The fourth-order valence-corrected chi connectivity index (χ4v) is 2.06. The van der Waals surface area contributed by atoms with Crippen LogP contribution < -0.4 is 5.73 Å². The van der Waals surface area contributed by atoms with Crippen molar-refractivity contribution in [2.75, 3.05) is 6.54 Å². The van der Waals surface area contributed by atoms with Crippen molar-refractivity contribution < 1.29 is 0 Å². The Bertz CT molecular complexity index is 674. The van der Waals surface area contributed by atoms with Crippen molar-refractivity contribution in [1.82, 2.24) is 19.8 Å². The van der Waals surface area contributed by atoms with Crippen LogP contribution in [-0.4, -0.2) is 26.4 Å². The molecule has 0 bridgehead atoms. The minimum Gasteiger partial charge on any atom is -0.330 e. The number of pyridine rings is 2. The standard InChI is InChI=1S/C13H13N5/c14-4-1-11-8-15-5-2-13(11)10-3-6-18-12(7-10)9-16-17-18/h2-3,5-9H,1,4,14H2. The molecule has 3 rings (SSSR count). The molecule has 0 atom stereocenters. The number of nitrogens with zero attached hydrogens (tertiary/aromatic N) is 4. The maximum Gasteiger partial charge on any atom is 0.0871 e. The van der Waals surface area contributed by atoms with Crippen LogP contribution in [0.5, 0.6) is 0 Å². The van der Waals surface area contributed by atoms with E-state index < -0.39 is 0 Å². The predicted octanol–water partition coefficient (Wildman–Crippen LogP) is 1.29. The molecule has 0 saturated heterocycles. The first-order valence-corrected chi connectivity index (χ1v) is 5.82. The molecule has 3 aromatic heterocycles. The Labute approximate surface area is 104 Å². The zero-order valence-electron chi connectivity index (χ0n) is 9.82. The molecule has 5 nitrogen and oxygen atoms in total. The van der Waals surface area contributed by atoms with Gasteiger partial charge in [-0.05, 0) is 47.9 Å². The molecule has 0 aliphatic rings. The van der Waals surface area contributed by atoms with Gasteiger partial charge in [0.15, 0.2) is 0 Å². The van der Waals surface area contributed by atoms with Gasteiger partial charge in [0.1, 0.15) is 0 Å². The first-order chi connectivity index (χ1) is 8.88. The second kappa shape index (κ2) is 4.54. The van der Waals surface area contributed by atoms with Gasteiger partial charge in [-0.2, -0.15) is 0 Å². The molecule has 0 saturated carbocycles. The van der Waals surface area contributed by atoms with Crippen molar-refractivity contribution in [3.8, 4) is 11.1 Å². The Morgan fingerprint density at radius 3 is 3.06 bits per heavy atom. The third kappa shape index (κ3) is 1.84. The highest BCUT2D eigenvalue weighted by Gasteiger charge is 2.05. The minimum absolute atomic E-state index is 0.620. The first kappa shape index (κ1) is 10.9. The van der Waals surface area contributed by atoms with Gasteiger partial charge in [-0.1, -0.05) is 5.21 Å². The second-order valence-corrected chi connectivity index (χ2v) is 4.09. The number of hydrogen-bond acceptors (Lipinski definition) is 4. The third-order valence-corrected chi connectivity index (χ3v) is 2.93. The summed E-state index contributed by atoms with van der Waals surface area (Å²) in [6.07, 6.45) is 8.15. The molecule has 2 N–H and O–H groups in total. The van der Waals surface area contributed by atoms with Crippen LogP contribution in [0.4, 0.5) is 0 Å². The van der Waals surface area contributed by atoms with E-state index in [1.165, 1.54) is 5.56 Å². The lowest BCUT2D eigenvalue weighted by atomic mass is 10.0. The fraction of sp³-hybridized carbons (Fsp3) is 0.154. The highest BCUT2D eigenvalue weighted by molar-refractivity contribution is 5.70. The van der Waals surface area contributed by atoms with Gasteiger partial charge in [0, 0.05) is 18.6 Å². The summed E-state index contributed by atoms with van der Waals surface area (Å²) in [5.74, 6) is 0. The largest absolute Gasteiger partial charge is 0.330 e. The van der Waals surface area contributed by atoms with E-state index in [2.05, 4.69) is 21.4 Å². The number of hydrogen-bond donors (Lipinski definition) is 1. The molecule has 5 heteroatoms. The Hall–Kier alpha value is -2.27. The predicted molar refractivity (Wildman–Crippen MR) is 69.0 cm³/mol. The van der Waals surface area contributed by atoms with Gasteiger partial charge in [-0.25, -0.2) is 4.52 Å². The lowest BCUT2D eigenvalue weighted by Crippen LogP contribution is -2.04. The average molecular weight is 239 g/mol. The molecule has 0 amide bonds. The SMILES string of the molecule is NCCc1cnccc1-c1ccn2nncc2c1. The number of nitrogens with two attached hydrogens (primary N) is 1. The summed E-state index contributed by atoms with van der Waals surface area (Å²) in [5, 5.41) is 7.82. The molecule has 0 spiro atoms. The van der Waals surface area contributed by atoms with Gasteiger partial charge in [-0.3, -0.25) is 4.98 Å². The minimum atomic E-state index is 0.620. The molecule has 0 aliphatic heterocycles. The molecule has 0 unspecified atom stereocenters. The van der Waals surface area contributed by atoms with Crippen molar-refractivity contribution in [2.45, 2.75) is 6.42 Å².